The Balaban J connectivity index is 1.48. The smallest absolute Gasteiger partial charge is 0.230 e. The highest BCUT2D eigenvalue weighted by atomic mass is 32.2. The SMILES string of the molecule is Cc1ccc(CSCC(=O)NC(C)c2ccc3c(c2)CCCC3)cc1. The van der Waals surface area contributed by atoms with Crippen LogP contribution < -0.4 is 5.32 Å². The van der Waals surface area contributed by atoms with Gasteiger partial charge in [0.25, 0.3) is 0 Å². The summed E-state index contributed by atoms with van der Waals surface area (Å²) in [4.78, 5) is 12.2. The van der Waals surface area contributed by atoms with Crippen molar-refractivity contribution in [1.82, 2.24) is 5.32 Å². The van der Waals surface area contributed by atoms with Gasteiger partial charge in [0.15, 0.2) is 0 Å². The molecule has 0 spiro atoms. The molecule has 3 heteroatoms. The summed E-state index contributed by atoms with van der Waals surface area (Å²) in [5.74, 6) is 1.49. The lowest BCUT2D eigenvalue weighted by molar-refractivity contribution is -0.119. The maximum absolute atomic E-state index is 12.2. The average Bonchev–Trinajstić information content (AvgIpc) is 2.63. The van der Waals surface area contributed by atoms with Gasteiger partial charge in [-0.3, -0.25) is 4.79 Å². The normalized spacial score (nSPS) is 14.6. The number of hydrogen-bond donors (Lipinski definition) is 1. The predicted octanol–water partition coefficient (Wildman–Crippen LogP) is 4.98. The molecular formula is C22H27NOS. The van der Waals surface area contributed by atoms with Gasteiger partial charge >= 0.3 is 0 Å². The average molecular weight is 354 g/mol. The van der Waals surface area contributed by atoms with Gasteiger partial charge in [0, 0.05) is 5.75 Å². The van der Waals surface area contributed by atoms with Gasteiger partial charge in [0.2, 0.25) is 5.91 Å². The Hall–Kier alpha value is -1.74. The zero-order chi connectivity index (χ0) is 17.6. The summed E-state index contributed by atoms with van der Waals surface area (Å²) >= 11 is 1.67. The van der Waals surface area contributed by atoms with Crippen LogP contribution in [0.5, 0.6) is 0 Å². The third kappa shape index (κ3) is 5.12. The van der Waals surface area contributed by atoms with Gasteiger partial charge in [-0.05, 0) is 61.8 Å². The first-order valence-corrected chi connectivity index (χ1v) is 10.3. The molecule has 2 aromatic rings. The van der Waals surface area contributed by atoms with Crippen LogP contribution in [0.2, 0.25) is 0 Å². The fourth-order valence-electron chi connectivity index (χ4n) is 3.34. The largest absolute Gasteiger partial charge is 0.349 e. The summed E-state index contributed by atoms with van der Waals surface area (Å²) in [7, 11) is 0. The highest BCUT2D eigenvalue weighted by Gasteiger charge is 2.14. The Bertz CT molecular complexity index is 723. The summed E-state index contributed by atoms with van der Waals surface area (Å²) in [6, 6.07) is 15.3. The van der Waals surface area contributed by atoms with E-state index >= 15 is 0 Å². The molecule has 1 aliphatic carbocycles. The van der Waals surface area contributed by atoms with Crippen LogP contribution >= 0.6 is 11.8 Å². The minimum atomic E-state index is 0.0692. The molecule has 0 bridgehead atoms. The van der Waals surface area contributed by atoms with Crippen LogP contribution in [0.15, 0.2) is 42.5 Å². The minimum absolute atomic E-state index is 0.0692. The van der Waals surface area contributed by atoms with E-state index < -0.39 is 0 Å². The number of nitrogens with one attached hydrogen (secondary N) is 1. The Morgan fingerprint density at radius 1 is 1.08 bits per heavy atom. The number of fused-ring (bicyclic) bond motifs is 1. The maximum atomic E-state index is 12.2. The van der Waals surface area contributed by atoms with Crippen LogP contribution in [0.25, 0.3) is 0 Å². The molecule has 0 radical (unpaired) electrons. The van der Waals surface area contributed by atoms with Crippen molar-refractivity contribution in [2.24, 2.45) is 0 Å². The van der Waals surface area contributed by atoms with Gasteiger partial charge in [-0.1, -0.05) is 48.0 Å². The Morgan fingerprint density at radius 3 is 2.56 bits per heavy atom. The molecule has 0 saturated carbocycles. The Labute approximate surface area is 155 Å². The zero-order valence-electron chi connectivity index (χ0n) is 15.2. The van der Waals surface area contributed by atoms with Crippen LogP contribution in [0.3, 0.4) is 0 Å². The Morgan fingerprint density at radius 2 is 1.80 bits per heavy atom. The number of aryl methyl sites for hydroxylation is 3. The van der Waals surface area contributed by atoms with E-state index in [4.69, 9.17) is 0 Å². The highest BCUT2D eigenvalue weighted by Crippen LogP contribution is 2.25. The second-order valence-electron chi connectivity index (χ2n) is 7.00. The van der Waals surface area contributed by atoms with Crippen molar-refractivity contribution in [1.29, 1.82) is 0 Å². The molecule has 1 aliphatic rings. The molecule has 132 valence electrons. The van der Waals surface area contributed by atoms with Crippen molar-refractivity contribution in [3.63, 3.8) is 0 Å². The van der Waals surface area contributed by atoms with E-state index in [2.05, 4.69) is 61.6 Å². The van der Waals surface area contributed by atoms with Gasteiger partial charge < -0.3 is 5.32 Å². The zero-order valence-corrected chi connectivity index (χ0v) is 16.0. The fourth-order valence-corrected chi connectivity index (χ4v) is 4.13. The molecular weight excluding hydrogens is 326 g/mol. The van der Waals surface area contributed by atoms with Crippen molar-refractivity contribution in [3.8, 4) is 0 Å². The minimum Gasteiger partial charge on any atom is -0.349 e. The van der Waals surface area contributed by atoms with E-state index in [9.17, 15) is 4.79 Å². The lowest BCUT2D eigenvalue weighted by atomic mass is 9.89. The molecule has 0 aromatic heterocycles. The van der Waals surface area contributed by atoms with Crippen molar-refractivity contribution in [2.45, 2.75) is 51.3 Å². The molecule has 1 amide bonds. The third-order valence-corrected chi connectivity index (χ3v) is 5.88. The van der Waals surface area contributed by atoms with Gasteiger partial charge in [0.05, 0.1) is 11.8 Å². The molecule has 2 nitrogen and oxygen atoms in total. The summed E-state index contributed by atoms with van der Waals surface area (Å²) in [5, 5.41) is 3.14. The van der Waals surface area contributed by atoms with Crippen molar-refractivity contribution in [3.05, 3.63) is 70.3 Å². The van der Waals surface area contributed by atoms with E-state index in [1.54, 1.807) is 11.8 Å². The van der Waals surface area contributed by atoms with Crippen LogP contribution in [0.1, 0.15) is 53.6 Å². The number of rotatable bonds is 6. The lowest BCUT2D eigenvalue weighted by Crippen LogP contribution is -2.28. The van der Waals surface area contributed by atoms with Crippen LogP contribution in [-0.2, 0) is 23.4 Å². The van der Waals surface area contributed by atoms with E-state index in [1.807, 2.05) is 0 Å². The van der Waals surface area contributed by atoms with E-state index in [-0.39, 0.29) is 11.9 Å². The third-order valence-electron chi connectivity index (χ3n) is 4.87. The number of carbonyl (C=O) groups is 1. The Kier molecular flexibility index (Phi) is 6.19. The molecule has 1 N–H and O–H groups in total. The van der Waals surface area contributed by atoms with Crippen molar-refractivity contribution < 1.29 is 4.79 Å². The molecule has 1 atom stereocenters. The molecule has 0 aliphatic heterocycles. The maximum Gasteiger partial charge on any atom is 0.230 e. The first-order valence-electron chi connectivity index (χ1n) is 9.16. The monoisotopic (exact) mass is 353 g/mol. The summed E-state index contributed by atoms with van der Waals surface area (Å²) < 4.78 is 0. The topological polar surface area (TPSA) is 29.1 Å². The highest BCUT2D eigenvalue weighted by molar-refractivity contribution is 7.99. The van der Waals surface area contributed by atoms with Crippen molar-refractivity contribution in [2.75, 3.05) is 5.75 Å². The number of amides is 1. The summed E-state index contributed by atoms with van der Waals surface area (Å²) in [6.45, 7) is 4.17. The van der Waals surface area contributed by atoms with Crippen LogP contribution in [-0.4, -0.2) is 11.7 Å². The second-order valence-corrected chi connectivity index (χ2v) is 7.99. The van der Waals surface area contributed by atoms with E-state index in [0.29, 0.717) is 5.75 Å². The van der Waals surface area contributed by atoms with E-state index in [0.717, 1.165) is 5.75 Å². The quantitative estimate of drug-likeness (QED) is 0.793. The first-order chi connectivity index (χ1) is 12.1. The molecule has 1 unspecified atom stereocenters. The number of thioether (sulfide) groups is 1. The van der Waals surface area contributed by atoms with Crippen molar-refractivity contribution >= 4 is 17.7 Å². The number of carbonyl (C=O) groups excluding carboxylic acids is 1. The van der Waals surface area contributed by atoms with Gasteiger partial charge in [-0.25, -0.2) is 0 Å². The second kappa shape index (κ2) is 8.57. The standard InChI is InChI=1S/C22H27NOS/c1-16-7-9-18(10-8-16)14-25-15-22(24)23-17(2)20-12-11-19-5-3-4-6-21(19)13-20/h7-13,17H,3-6,14-15H2,1-2H3,(H,23,24). The van der Waals surface area contributed by atoms with Gasteiger partial charge in [-0.15, -0.1) is 11.8 Å². The number of benzene rings is 2. The van der Waals surface area contributed by atoms with Crippen LogP contribution in [0, 0.1) is 6.92 Å². The predicted molar refractivity (Wildman–Crippen MR) is 107 cm³/mol. The van der Waals surface area contributed by atoms with Gasteiger partial charge in [0.1, 0.15) is 0 Å². The molecule has 0 heterocycles. The van der Waals surface area contributed by atoms with Gasteiger partial charge in [-0.2, -0.15) is 0 Å². The number of hydrogen-bond acceptors (Lipinski definition) is 2. The molecule has 2 aromatic carbocycles. The molecule has 0 saturated heterocycles. The fraction of sp³-hybridized carbons (Fsp3) is 0.409. The molecule has 25 heavy (non-hydrogen) atoms. The summed E-state index contributed by atoms with van der Waals surface area (Å²) in [5.41, 5.74) is 6.72. The van der Waals surface area contributed by atoms with E-state index in [1.165, 1.54) is 53.5 Å². The summed E-state index contributed by atoms with van der Waals surface area (Å²) in [6.07, 6.45) is 4.96. The first kappa shape index (κ1) is 18.1. The molecule has 0 fully saturated rings. The lowest BCUT2D eigenvalue weighted by Gasteiger charge is -2.20. The van der Waals surface area contributed by atoms with Crippen LogP contribution in [0.4, 0.5) is 0 Å². The molecule has 3 rings (SSSR count).